The highest BCUT2D eigenvalue weighted by Gasteiger charge is 2.07. The second kappa shape index (κ2) is 3.43. The van der Waals surface area contributed by atoms with E-state index in [1.54, 1.807) is 11.3 Å². The van der Waals surface area contributed by atoms with Crippen molar-refractivity contribution < 1.29 is 0 Å². The van der Waals surface area contributed by atoms with Gasteiger partial charge in [-0.1, -0.05) is 13.0 Å². The van der Waals surface area contributed by atoms with E-state index in [0.29, 0.717) is 0 Å². The molecule has 0 aliphatic rings. The molecule has 14 heavy (non-hydrogen) atoms. The SMILES string of the molecule is CCc1cc(C)cc2scc(C#N)c12. The summed E-state index contributed by atoms with van der Waals surface area (Å²) in [4.78, 5) is 0. The number of nitrogens with zero attached hydrogens (tertiary/aromatic N) is 1. The number of fused-ring (bicyclic) bond motifs is 1. The fraction of sp³-hybridized carbons (Fsp3) is 0.250. The van der Waals surface area contributed by atoms with Gasteiger partial charge in [-0.05, 0) is 30.5 Å². The summed E-state index contributed by atoms with van der Waals surface area (Å²) < 4.78 is 1.23. The number of thiophene rings is 1. The molecule has 0 amide bonds. The van der Waals surface area contributed by atoms with Crippen LogP contribution in [0, 0.1) is 18.3 Å². The predicted octanol–water partition coefficient (Wildman–Crippen LogP) is 3.64. The molecule has 2 aromatic rings. The van der Waals surface area contributed by atoms with Crippen molar-refractivity contribution in [3.8, 4) is 6.07 Å². The molecule has 70 valence electrons. The van der Waals surface area contributed by atoms with E-state index in [1.807, 2.05) is 5.38 Å². The standard InChI is InChI=1S/C12H11NS/c1-3-9-4-8(2)5-11-12(9)10(6-13)7-14-11/h4-5,7H,3H2,1-2H3. The quantitative estimate of drug-likeness (QED) is 0.691. The van der Waals surface area contributed by atoms with Crippen LogP contribution in [0.5, 0.6) is 0 Å². The lowest BCUT2D eigenvalue weighted by Crippen LogP contribution is -1.84. The first-order chi connectivity index (χ1) is 6.76. The molecule has 1 aromatic carbocycles. The van der Waals surface area contributed by atoms with Gasteiger partial charge in [-0.15, -0.1) is 11.3 Å². The number of hydrogen-bond acceptors (Lipinski definition) is 2. The molecule has 0 radical (unpaired) electrons. The van der Waals surface area contributed by atoms with Crippen LogP contribution in [0.3, 0.4) is 0 Å². The lowest BCUT2D eigenvalue weighted by molar-refractivity contribution is 1.15. The van der Waals surface area contributed by atoms with Crippen LogP contribution in [0.4, 0.5) is 0 Å². The van der Waals surface area contributed by atoms with Crippen LogP contribution in [-0.4, -0.2) is 0 Å². The van der Waals surface area contributed by atoms with E-state index >= 15 is 0 Å². The molecule has 0 aliphatic heterocycles. The van der Waals surface area contributed by atoms with Gasteiger partial charge in [-0.25, -0.2) is 0 Å². The van der Waals surface area contributed by atoms with E-state index in [0.717, 1.165) is 17.4 Å². The molecule has 1 nitrogen and oxygen atoms in total. The van der Waals surface area contributed by atoms with Crippen LogP contribution in [0.1, 0.15) is 23.6 Å². The molecule has 2 heteroatoms. The Hall–Kier alpha value is -1.33. The van der Waals surface area contributed by atoms with Crippen molar-refractivity contribution in [2.75, 3.05) is 0 Å². The molecule has 2 rings (SSSR count). The first-order valence-corrected chi connectivity index (χ1v) is 5.55. The number of rotatable bonds is 1. The van der Waals surface area contributed by atoms with E-state index in [9.17, 15) is 0 Å². The Balaban J connectivity index is 2.87. The van der Waals surface area contributed by atoms with Crippen LogP contribution in [-0.2, 0) is 6.42 Å². The topological polar surface area (TPSA) is 23.8 Å². The largest absolute Gasteiger partial charge is 0.192 e. The van der Waals surface area contributed by atoms with Crippen LogP contribution in [0.15, 0.2) is 17.5 Å². The van der Waals surface area contributed by atoms with Crippen LogP contribution < -0.4 is 0 Å². The Bertz CT molecular complexity index is 517. The van der Waals surface area contributed by atoms with Crippen molar-refractivity contribution >= 4 is 21.4 Å². The zero-order valence-electron chi connectivity index (χ0n) is 8.29. The summed E-state index contributed by atoms with van der Waals surface area (Å²) in [5.74, 6) is 0. The number of hydrogen-bond donors (Lipinski definition) is 0. The van der Waals surface area contributed by atoms with E-state index in [2.05, 4.69) is 32.0 Å². The molecule has 0 saturated carbocycles. The third-order valence-electron chi connectivity index (χ3n) is 2.40. The molecule has 0 saturated heterocycles. The molecule has 1 heterocycles. The van der Waals surface area contributed by atoms with Gasteiger partial charge in [-0.3, -0.25) is 0 Å². The highest BCUT2D eigenvalue weighted by atomic mass is 32.1. The summed E-state index contributed by atoms with van der Waals surface area (Å²) >= 11 is 1.66. The van der Waals surface area contributed by atoms with Crippen molar-refractivity contribution in [3.05, 3.63) is 34.2 Å². The minimum Gasteiger partial charge on any atom is -0.192 e. The van der Waals surface area contributed by atoms with Crippen molar-refractivity contribution in [3.63, 3.8) is 0 Å². The minimum atomic E-state index is 0.821. The third-order valence-corrected chi connectivity index (χ3v) is 3.33. The van der Waals surface area contributed by atoms with Crippen molar-refractivity contribution in [2.24, 2.45) is 0 Å². The summed E-state index contributed by atoms with van der Waals surface area (Å²) in [6.07, 6.45) is 0.990. The Morgan fingerprint density at radius 2 is 2.21 bits per heavy atom. The smallest absolute Gasteiger partial charge is 0.101 e. The van der Waals surface area contributed by atoms with Gasteiger partial charge in [0.15, 0.2) is 0 Å². The molecule has 0 bridgehead atoms. The number of aryl methyl sites for hydroxylation is 2. The summed E-state index contributed by atoms with van der Waals surface area (Å²) in [6.45, 7) is 4.23. The Morgan fingerprint density at radius 3 is 2.86 bits per heavy atom. The Kier molecular flexibility index (Phi) is 2.26. The van der Waals surface area contributed by atoms with Gasteiger partial charge in [0, 0.05) is 15.5 Å². The maximum absolute atomic E-state index is 8.97. The lowest BCUT2D eigenvalue weighted by Gasteiger charge is -2.02. The highest BCUT2D eigenvalue weighted by molar-refractivity contribution is 7.17. The van der Waals surface area contributed by atoms with Gasteiger partial charge in [0.1, 0.15) is 6.07 Å². The average Bonchev–Trinajstić information content (AvgIpc) is 2.59. The van der Waals surface area contributed by atoms with E-state index in [1.165, 1.54) is 15.8 Å². The van der Waals surface area contributed by atoms with E-state index < -0.39 is 0 Å². The molecule has 0 unspecified atom stereocenters. The number of benzene rings is 1. The van der Waals surface area contributed by atoms with Crippen LogP contribution in [0.2, 0.25) is 0 Å². The zero-order valence-corrected chi connectivity index (χ0v) is 9.11. The Morgan fingerprint density at radius 1 is 1.43 bits per heavy atom. The molecular weight excluding hydrogens is 190 g/mol. The van der Waals surface area contributed by atoms with E-state index in [4.69, 9.17) is 5.26 Å². The van der Waals surface area contributed by atoms with Crippen LogP contribution in [0.25, 0.3) is 10.1 Å². The fourth-order valence-electron chi connectivity index (χ4n) is 1.77. The summed E-state index contributed by atoms with van der Waals surface area (Å²) in [5.41, 5.74) is 3.39. The maximum Gasteiger partial charge on any atom is 0.101 e. The fourth-order valence-corrected chi connectivity index (χ4v) is 2.80. The normalized spacial score (nSPS) is 10.4. The summed E-state index contributed by atoms with van der Waals surface area (Å²) in [6, 6.07) is 6.58. The van der Waals surface area contributed by atoms with Gasteiger partial charge in [-0.2, -0.15) is 5.26 Å². The molecular formula is C12H11NS. The van der Waals surface area contributed by atoms with E-state index in [-0.39, 0.29) is 0 Å². The molecule has 1 aromatic heterocycles. The highest BCUT2D eigenvalue weighted by Crippen LogP contribution is 2.30. The zero-order chi connectivity index (χ0) is 10.1. The molecule has 0 N–H and O–H groups in total. The summed E-state index contributed by atoms with van der Waals surface area (Å²) in [5, 5.41) is 12.1. The van der Waals surface area contributed by atoms with Gasteiger partial charge >= 0.3 is 0 Å². The van der Waals surface area contributed by atoms with Crippen molar-refractivity contribution in [2.45, 2.75) is 20.3 Å². The van der Waals surface area contributed by atoms with Crippen LogP contribution >= 0.6 is 11.3 Å². The predicted molar refractivity (Wildman–Crippen MR) is 60.7 cm³/mol. The van der Waals surface area contributed by atoms with Gasteiger partial charge < -0.3 is 0 Å². The molecule has 0 spiro atoms. The average molecular weight is 201 g/mol. The van der Waals surface area contributed by atoms with Gasteiger partial charge in [0.2, 0.25) is 0 Å². The Labute approximate surface area is 87.6 Å². The monoisotopic (exact) mass is 201 g/mol. The molecule has 0 aliphatic carbocycles. The maximum atomic E-state index is 8.97. The lowest BCUT2D eigenvalue weighted by atomic mass is 10.0. The van der Waals surface area contributed by atoms with Crippen molar-refractivity contribution in [1.29, 1.82) is 5.26 Å². The minimum absolute atomic E-state index is 0.821. The molecule has 0 fully saturated rings. The summed E-state index contributed by atoms with van der Waals surface area (Å²) in [7, 11) is 0. The second-order valence-electron chi connectivity index (χ2n) is 3.41. The first kappa shape index (κ1) is 9.23. The first-order valence-electron chi connectivity index (χ1n) is 4.67. The number of nitriles is 1. The molecule has 0 atom stereocenters. The van der Waals surface area contributed by atoms with Crippen molar-refractivity contribution in [1.82, 2.24) is 0 Å². The van der Waals surface area contributed by atoms with Gasteiger partial charge in [0.25, 0.3) is 0 Å². The third kappa shape index (κ3) is 1.30. The van der Waals surface area contributed by atoms with Gasteiger partial charge in [0.05, 0.1) is 5.56 Å². The second-order valence-corrected chi connectivity index (χ2v) is 4.32.